The average Bonchev–Trinajstić information content (AvgIpc) is 3.53. The van der Waals surface area contributed by atoms with Crippen molar-refractivity contribution in [3.8, 4) is 6.07 Å². The van der Waals surface area contributed by atoms with Crippen molar-refractivity contribution < 1.29 is 21.6 Å². The number of hydrogen-bond acceptors (Lipinski definition) is 7. The molecule has 1 N–H and O–H groups in total. The van der Waals surface area contributed by atoms with Gasteiger partial charge in [0.25, 0.3) is 11.6 Å². The molecule has 2 heterocycles. The van der Waals surface area contributed by atoms with Gasteiger partial charge in [-0.1, -0.05) is 18.2 Å². The van der Waals surface area contributed by atoms with Crippen molar-refractivity contribution in [1.29, 1.82) is 5.26 Å². The maximum atomic E-state index is 14.7. The van der Waals surface area contributed by atoms with Gasteiger partial charge in [-0.25, -0.2) is 31.6 Å². The van der Waals surface area contributed by atoms with Gasteiger partial charge in [-0.2, -0.15) is 10.2 Å². The van der Waals surface area contributed by atoms with Crippen LogP contribution in [0, 0.1) is 24.1 Å². The molecule has 4 rings (SSSR count). The standard InChI is InChI=1S/C22H20F3N5O2S/c1-11(13-5-4-6-14(17(13)23)18(24)25)27-19-15-9-16(22(10-26)7-8-22)12(2)28-20(15)30-21(29-19)33(3,31)32/h4-6,9,11,18H,7-8H2,1-3H3,(H,27,28,29,30)/t11-/m1/s1. The smallest absolute Gasteiger partial charge is 0.266 e. The number of fused-ring (bicyclic) bond motifs is 1. The van der Waals surface area contributed by atoms with E-state index in [2.05, 4.69) is 26.3 Å². The molecule has 3 aromatic rings. The molecule has 0 unspecified atom stereocenters. The molecule has 1 saturated carbocycles. The highest BCUT2D eigenvalue weighted by molar-refractivity contribution is 7.90. The molecular weight excluding hydrogens is 455 g/mol. The van der Waals surface area contributed by atoms with E-state index < -0.39 is 44.3 Å². The number of benzene rings is 1. The molecule has 1 aliphatic carbocycles. The number of rotatable bonds is 6. The first-order valence-electron chi connectivity index (χ1n) is 10.1. The fourth-order valence-electron chi connectivity index (χ4n) is 3.80. The van der Waals surface area contributed by atoms with Crippen molar-refractivity contribution in [2.75, 3.05) is 11.6 Å². The lowest BCUT2D eigenvalue weighted by Gasteiger charge is -2.19. The van der Waals surface area contributed by atoms with Crippen LogP contribution in [-0.2, 0) is 15.3 Å². The van der Waals surface area contributed by atoms with Crippen molar-refractivity contribution in [1.82, 2.24) is 15.0 Å². The minimum absolute atomic E-state index is 0.0311. The number of nitrogens with zero attached hydrogens (tertiary/aromatic N) is 4. The Hall–Kier alpha value is -3.26. The number of nitrogens with one attached hydrogen (secondary N) is 1. The lowest BCUT2D eigenvalue weighted by atomic mass is 9.95. The van der Waals surface area contributed by atoms with Crippen LogP contribution >= 0.6 is 0 Å². The molecular formula is C22H20F3N5O2S. The predicted molar refractivity (Wildman–Crippen MR) is 115 cm³/mol. The molecule has 0 radical (unpaired) electrons. The molecule has 1 atom stereocenters. The van der Waals surface area contributed by atoms with E-state index in [4.69, 9.17) is 0 Å². The Balaban J connectivity index is 1.87. The van der Waals surface area contributed by atoms with Crippen LogP contribution < -0.4 is 5.32 Å². The summed E-state index contributed by atoms with van der Waals surface area (Å²) in [5.74, 6) is -0.998. The lowest BCUT2D eigenvalue weighted by Crippen LogP contribution is -2.15. The van der Waals surface area contributed by atoms with Crippen LogP contribution in [0.4, 0.5) is 19.0 Å². The van der Waals surface area contributed by atoms with Crippen LogP contribution in [0.15, 0.2) is 29.4 Å². The van der Waals surface area contributed by atoms with Gasteiger partial charge in [0.2, 0.25) is 9.84 Å². The summed E-state index contributed by atoms with van der Waals surface area (Å²) in [7, 11) is -3.81. The molecule has 1 aliphatic rings. The summed E-state index contributed by atoms with van der Waals surface area (Å²) in [6, 6.07) is 6.85. The summed E-state index contributed by atoms with van der Waals surface area (Å²) in [6.07, 6.45) is -0.692. The number of aryl methyl sites for hydroxylation is 1. The zero-order valence-corrected chi connectivity index (χ0v) is 18.8. The van der Waals surface area contributed by atoms with E-state index in [1.54, 1.807) is 19.9 Å². The highest BCUT2D eigenvalue weighted by atomic mass is 32.2. The number of hydrogen-bond donors (Lipinski definition) is 1. The number of anilines is 1. The fraction of sp³-hybridized carbons (Fsp3) is 0.364. The van der Waals surface area contributed by atoms with E-state index in [1.165, 1.54) is 12.1 Å². The van der Waals surface area contributed by atoms with Crippen LogP contribution in [0.5, 0.6) is 0 Å². The third-order valence-electron chi connectivity index (χ3n) is 5.78. The Morgan fingerprint density at radius 1 is 1.18 bits per heavy atom. The minimum atomic E-state index is -3.81. The number of pyridine rings is 1. The second kappa shape index (κ2) is 7.95. The van der Waals surface area contributed by atoms with Crippen LogP contribution in [0.2, 0.25) is 0 Å². The second-order valence-corrected chi connectivity index (χ2v) is 10.1. The van der Waals surface area contributed by atoms with Gasteiger partial charge >= 0.3 is 0 Å². The Morgan fingerprint density at radius 3 is 2.42 bits per heavy atom. The third-order valence-corrected chi connectivity index (χ3v) is 6.63. The average molecular weight is 475 g/mol. The summed E-state index contributed by atoms with van der Waals surface area (Å²) in [5.41, 5.74) is -0.0891. The Labute approximate surface area is 188 Å². The molecule has 11 heteroatoms. The number of sulfone groups is 1. The summed E-state index contributed by atoms with van der Waals surface area (Å²) in [5, 5.41) is 12.4. The summed E-state index contributed by atoms with van der Waals surface area (Å²) < 4.78 is 65.3. The van der Waals surface area contributed by atoms with E-state index in [1.807, 2.05) is 0 Å². The molecule has 1 fully saturated rings. The summed E-state index contributed by atoms with van der Waals surface area (Å²) in [6.45, 7) is 3.26. The quantitative estimate of drug-likeness (QED) is 0.521. The third kappa shape index (κ3) is 4.11. The molecule has 0 aliphatic heterocycles. The van der Waals surface area contributed by atoms with Crippen molar-refractivity contribution in [2.24, 2.45) is 0 Å². The molecule has 33 heavy (non-hydrogen) atoms. The maximum absolute atomic E-state index is 14.7. The van der Waals surface area contributed by atoms with Crippen LogP contribution in [0.25, 0.3) is 11.0 Å². The Kier molecular flexibility index (Phi) is 5.52. The second-order valence-electron chi connectivity index (χ2n) is 8.23. The van der Waals surface area contributed by atoms with Gasteiger partial charge in [-0.05, 0) is 38.3 Å². The van der Waals surface area contributed by atoms with Gasteiger partial charge in [-0.3, -0.25) is 0 Å². The van der Waals surface area contributed by atoms with Gasteiger partial charge in [0, 0.05) is 17.5 Å². The molecule has 1 aromatic carbocycles. The molecule has 0 saturated heterocycles. The first kappa shape index (κ1) is 22.9. The highest BCUT2D eigenvalue weighted by Gasteiger charge is 2.46. The maximum Gasteiger partial charge on any atom is 0.266 e. The summed E-state index contributed by atoms with van der Waals surface area (Å²) >= 11 is 0. The van der Waals surface area contributed by atoms with E-state index in [9.17, 15) is 26.9 Å². The Bertz CT molecular complexity index is 1420. The van der Waals surface area contributed by atoms with E-state index in [0.717, 1.165) is 12.3 Å². The molecule has 0 bridgehead atoms. The van der Waals surface area contributed by atoms with Crippen molar-refractivity contribution in [3.05, 3.63) is 52.5 Å². The first-order chi connectivity index (χ1) is 15.5. The van der Waals surface area contributed by atoms with Crippen molar-refractivity contribution >= 4 is 26.7 Å². The lowest BCUT2D eigenvalue weighted by molar-refractivity contribution is 0.146. The normalized spacial score (nSPS) is 15.9. The number of halogens is 3. The number of aromatic nitrogens is 3. The van der Waals surface area contributed by atoms with Gasteiger partial charge in [0.1, 0.15) is 11.6 Å². The van der Waals surface area contributed by atoms with Crippen LogP contribution in [0.3, 0.4) is 0 Å². The fourth-order valence-corrected chi connectivity index (χ4v) is 4.31. The van der Waals surface area contributed by atoms with Crippen LogP contribution in [-0.4, -0.2) is 29.6 Å². The minimum Gasteiger partial charge on any atom is -0.363 e. The SMILES string of the molecule is Cc1nc2nc(S(C)(=O)=O)nc(N[C@H](C)c3cccc(C(F)F)c3F)c2cc1C1(C#N)CC1. The van der Waals surface area contributed by atoms with E-state index >= 15 is 0 Å². The van der Waals surface area contributed by atoms with Gasteiger partial charge in [0.15, 0.2) is 5.65 Å². The predicted octanol–water partition coefficient (Wildman–Crippen LogP) is 4.54. The van der Waals surface area contributed by atoms with Gasteiger partial charge in [0.05, 0.1) is 28.5 Å². The molecule has 2 aromatic heterocycles. The monoisotopic (exact) mass is 475 g/mol. The molecule has 0 spiro atoms. The van der Waals surface area contributed by atoms with E-state index in [-0.39, 0.29) is 17.0 Å². The molecule has 172 valence electrons. The number of alkyl halides is 2. The number of nitriles is 1. The highest BCUT2D eigenvalue weighted by Crippen LogP contribution is 2.49. The van der Waals surface area contributed by atoms with Crippen molar-refractivity contribution in [3.63, 3.8) is 0 Å². The largest absolute Gasteiger partial charge is 0.363 e. The Morgan fingerprint density at radius 2 is 1.85 bits per heavy atom. The first-order valence-corrected chi connectivity index (χ1v) is 12.0. The van der Waals surface area contributed by atoms with E-state index in [0.29, 0.717) is 29.5 Å². The molecule has 7 nitrogen and oxygen atoms in total. The molecule has 0 amide bonds. The van der Waals surface area contributed by atoms with Crippen LogP contribution in [0.1, 0.15) is 54.6 Å². The zero-order valence-electron chi connectivity index (χ0n) is 18.0. The van der Waals surface area contributed by atoms with Crippen molar-refractivity contribution in [2.45, 2.75) is 49.7 Å². The zero-order chi connectivity index (χ0) is 24.1. The van der Waals surface area contributed by atoms with Gasteiger partial charge in [-0.15, -0.1) is 0 Å². The topological polar surface area (TPSA) is 109 Å². The van der Waals surface area contributed by atoms with Gasteiger partial charge < -0.3 is 5.32 Å². The summed E-state index contributed by atoms with van der Waals surface area (Å²) in [4.78, 5) is 12.6.